The van der Waals surface area contributed by atoms with Gasteiger partial charge in [-0.2, -0.15) is 0 Å². The molecule has 0 N–H and O–H groups in total. The molecule has 92 valence electrons. The molecule has 1 aliphatic carbocycles. The molecule has 4 heteroatoms. The lowest BCUT2D eigenvalue weighted by Crippen LogP contribution is -2.08. The first kappa shape index (κ1) is 12.7. The molecule has 2 rings (SSSR count). The average molecular weight is 273 g/mol. The van der Waals surface area contributed by atoms with Crippen molar-refractivity contribution in [2.24, 2.45) is 5.92 Å². The summed E-state index contributed by atoms with van der Waals surface area (Å²) in [4.78, 5) is 12.2. The Morgan fingerprint density at radius 3 is 2.71 bits per heavy atom. The summed E-state index contributed by atoms with van der Waals surface area (Å²) in [6, 6.07) is 1.83. The van der Waals surface area contributed by atoms with Gasteiger partial charge in [-0.15, -0.1) is 0 Å². The standard InChI is InChI=1S/C13H14Cl2O2/c1-3-4-7-5-8-6-9(17-2)11(14)12(15)10(8)13(7)16/h6-7H,3-5H2,1-2H3/t7-/m0/s1. The molecule has 0 heterocycles. The van der Waals surface area contributed by atoms with Crippen LogP contribution in [0.25, 0.3) is 0 Å². The second kappa shape index (κ2) is 4.87. The maximum Gasteiger partial charge on any atom is 0.168 e. The molecule has 0 saturated carbocycles. The van der Waals surface area contributed by atoms with Crippen molar-refractivity contribution in [2.75, 3.05) is 7.11 Å². The SMILES string of the molecule is CCC[C@H]1Cc2cc(OC)c(Cl)c(Cl)c2C1=O. The van der Waals surface area contributed by atoms with Crippen molar-refractivity contribution in [3.63, 3.8) is 0 Å². The highest BCUT2D eigenvalue weighted by Crippen LogP contribution is 2.42. The van der Waals surface area contributed by atoms with E-state index in [9.17, 15) is 4.79 Å². The van der Waals surface area contributed by atoms with Crippen LogP contribution in [0, 0.1) is 5.92 Å². The molecular weight excluding hydrogens is 259 g/mol. The van der Waals surface area contributed by atoms with Crippen LogP contribution >= 0.6 is 23.2 Å². The van der Waals surface area contributed by atoms with E-state index in [-0.39, 0.29) is 11.7 Å². The van der Waals surface area contributed by atoms with Gasteiger partial charge in [-0.05, 0) is 24.5 Å². The molecule has 0 aromatic heterocycles. The van der Waals surface area contributed by atoms with Crippen LogP contribution < -0.4 is 4.74 Å². The molecule has 0 amide bonds. The number of ether oxygens (including phenoxy) is 1. The van der Waals surface area contributed by atoms with E-state index in [4.69, 9.17) is 27.9 Å². The average Bonchev–Trinajstić information content (AvgIpc) is 2.62. The molecule has 1 aromatic carbocycles. The number of halogens is 2. The third-order valence-electron chi connectivity index (χ3n) is 3.20. The fourth-order valence-electron chi connectivity index (χ4n) is 2.37. The van der Waals surface area contributed by atoms with Crippen LogP contribution in [0.4, 0.5) is 0 Å². The van der Waals surface area contributed by atoms with Gasteiger partial charge in [0.25, 0.3) is 0 Å². The summed E-state index contributed by atoms with van der Waals surface area (Å²) in [7, 11) is 1.55. The minimum Gasteiger partial charge on any atom is -0.495 e. The predicted octanol–water partition coefficient (Wildman–Crippen LogP) is 4.16. The van der Waals surface area contributed by atoms with E-state index in [0.29, 0.717) is 21.4 Å². The molecule has 0 unspecified atom stereocenters. The maximum atomic E-state index is 12.2. The van der Waals surface area contributed by atoms with Gasteiger partial charge in [0.15, 0.2) is 5.78 Å². The van der Waals surface area contributed by atoms with Crippen molar-refractivity contribution in [2.45, 2.75) is 26.2 Å². The normalized spacial score (nSPS) is 18.4. The van der Waals surface area contributed by atoms with Gasteiger partial charge in [-0.1, -0.05) is 36.5 Å². The molecule has 1 aromatic rings. The summed E-state index contributed by atoms with van der Waals surface area (Å²) < 4.78 is 5.15. The second-order valence-electron chi connectivity index (χ2n) is 4.29. The Kier molecular flexibility index (Phi) is 3.64. The van der Waals surface area contributed by atoms with Crippen molar-refractivity contribution in [1.82, 2.24) is 0 Å². The zero-order valence-electron chi connectivity index (χ0n) is 9.85. The largest absolute Gasteiger partial charge is 0.495 e. The number of carbonyl (C=O) groups is 1. The number of rotatable bonds is 3. The van der Waals surface area contributed by atoms with Crippen LogP contribution in [0.5, 0.6) is 5.75 Å². The van der Waals surface area contributed by atoms with Gasteiger partial charge in [0, 0.05) is 11.5 Å². The van der Waals surface area contributed by atoms with E-state index in [1.165, 1.54) is 0 Å². The third kappa shape index (κ3) is 2.04. The summed E-state index contributed by atoms with van der Waals surface area (Å²) in [6.07, 6.45) is 2.63. The number of hydrogen-bond donors (Lipinski definition) is 0. The molecular formula is C13H14Cl2O2. The lowest BCUT2D eigenvalue weighted by molar-refractivity contribution is 0.0930. The third-order valence-corrected chi connectivity index (χ3v) is 4.05. The number of carbonyl (C=O) groups excluding carboxylic acids is 1. The van der Waals surface area contributed by atoms with Crippen LogP contribution in [-0.2, 0) is 6.42 Å². The molecule has 2 nitrogen and oxygen atoms in total. The van der Waals surface area contributed by atoms with Crippen molar-refractivity contribution in [3.05, 3.63) is 27.2 Å². The molecule has 0 aliphatic heterocycles. The highest BCUT2D eigenvalue weighted by atomic mass is 35.5. The molecule has 0 radical (unpaired) electrons. The van der Waals surface area contributed by atoms with Crippen LogP contribution in [0.15, 0.2) is 6.07 Å². The quantitative estimate of drug-likeness (QED) is 0.826. The van der Waals surface area contributed by atoms with E-state index < -0.39 is 0 Å². The number of Topliss-reactive ketones (excluding diaryl/α,β-unsaturated/α-hetero) is 1. The van der Waals surface area contributed by atoms with Crippen molar-refractivity contribution in [3.8, 4) is 5.75 Å². The Hall–Kier alpha value is -0.730. The molecule has 0 saturated heterocycles. The van der Waals surface area contributed by atoms with Gasteiger partial charge < -0.3 is 4.74 Å². The van der Waals surface area contributed by atoms with Crippen molar-refractivity contribution in [1.29, 1.82) is 0 Å². The second-order valence-corrected chi connectivity index (χ2v) is 5.05. The first-order chi connectivity index (χ1) is 8.10. The first-order valence-corrected chi connectivity index (χ1v) is 6.44. The van der Waals surface area contributed by atoms with E-state index in [0.717, 1.165) is 24.8 Å². The van der Waals surface area contributed by atoms with Gasteiger partial charge >= 0.3 is 0 Å². The molecule has 0 fully saturated rings. The first-order valence-electron chi connectivity index (χ1n) is 5.69. The lowest BCUT2D eigenvalue weighted by atomic mass is 10.00. The summed E-state index contributed by atoms with van der Waals surface area (Å²) in [5.74, 6) is 0.715. The Labute approximate surface area is 111 Å². The van der Waals surface area contributed by atoms with E-state index in [2.05, 4.69) is 6.92 Å². The monoisotopic (exact) mass is 272 g/mol. The van der Waals surface area contributed by atoms with Gasteiger partial charge in [0.2, 0.25) is 0 Å². The minimum atomic E-state index is 0.0515. The highest BCUT2D eigenvalue weighted by molar-refractivity contribution is 6.45. The number of benzene rings is 1. The van der Waals surface area contributed by atoms with Crippen LogP contribution in [0.2, 0.25) is 10.0 Å². The molecule has 1 aliphatic rings. The van der Waals surface area contributed by atoms with Crippen molar-refractivity contribution < 1.29 is 9.53 Å². The minimum absolute atomic E-state index is 0.0515. The maximum absolute atomic E-state index is 12.2. The van der Waals surface area contributed by atoms with Crippen LogP contribution in [0.1, 0.15) is 35.7 Å². The number of fused-ring (bicyclic) bond motifs is 1. The summed E-state index contributed by atoms with van der Waals surface area (Å²) >= 11 is 12.2. The topological polar surface area (TPSA) is 26.3 Å². The zero-order chi connectivity index (χ0) is 12.6. The molecule has 1 atom stereocenters. The fraction of sp³-hybridized carbons (Fsp3) is 0.462. The summed E-state index contributed by atoms with van der Waals surface area (Å²) in [5.41, 5.74) is 1.55. The predicted molar refractivity (Wildman–Crippen MR) is 69.4 cm³/mol. The smallest absolute Gasteiger partial charge is 0.168 e. The lowest BCUT2D eigenvalue weighted by Gasteiger charge is -2.08. The Morgan fingerprint density at radius 2 is 2.12 bits per heavy atom. The summed E-state index contributed by atoms with van der Waals surface area (Å²) in [6.45, 7) is 2.07. The van der Waals surface area contributed by atoms with Gasteiger partial charge in [-0.25, -0.2) is 0 Å². The fourth-order valence-corrected chi connectivity index (χ4v) is 2.91. The van der Waals surface area contributed by atoms with E-state index in [1.807, 2.05) is 6.07 Å². The van der Waals surface area contributed by atoms with Gasteiger partial charge in [0.05, 0.1) is 12.1 Å². The molecule has 17 heavy (non-hydrogen) atoms. The number of methoxy groups -OCH3 is 1. The summed E-state index contributed by atoms with van der Waals surface area (Å²) in [5, 5.41) is 0.669. The number of ketones is 1. The Balaban J connectivity index is 2.48. The molecule has 0 bridgehead atoms. The Morgan fingerprint density at radius 1 is 1.41 bits per heavy atom. The molecule has 0 spiro atoms. The Bertz CT molecular complexity index is 469. The highest BCUT2D eigenvalue weighted by Gasteiger charge is 2.33. The van der Waals surface area contributed by atoms with Crippen molar-refractivity contribution >= 4 is 29.0 Å². The van der Waals surface area contributed by atoms with Crippen LogP contribution in [-0.4, -0.2) is 12.9 Å². The van der Waals surface area contributed by atoms with E-state index in [1.54, 1.807) is 7.11 Å². The number of hydrogen-bond acceptors (Lipinski definition) is 2. The van der Waals surface area contributed by atoms with Gasteiger partial charge in [-0.3, -0.25) is 4.79 Å². The van der Waals surface area contributed by atoms with Gasteiger partial charge in [0.1, 0.15) is 10.8 Å². The van der Waals surface area contributed by atoms with E-state index >= 15 is 0 Å². The zero-order valence-corrected chi connectivity index (χ0v) is 11.4. The van der Waals surface area contributed by atoms with Crippen LogP contribution in [0.3, 0.4) is 0 Å².